The van der Waals surface area contributed by atoms with Gasteiger partial charge in [-0.1, -0.05) is 11.6 Å². The zero-order valence-corrected chi connectivity index (χ0v) is 12.2. The third-order valence-corrected chi connectivity index (χ3v) is 5.17. The number of nitrogens with one attached hydrogen (secondary N) is 1. The van der Waals surface area contributed by atoms with Gasteiger partial charge in [-0.15, -0.1) is 11.3 Å². The van der Waals surface area contributed by atoms with E-state index in [1.807, 2.05) is 5.38 Å². The van der Waals surface area contributed by atoms with Crippen LogP contribution in [0, 0.1) is 0 Å². The number of aromatic nitrogens is 2. The van der Waals surface area contributed by atoms with Crippen molar-refractivity contribution in [1.29, 1.82) is 0 Å². The van der Waals surface area contributed by atoms with Crippen molar-refractivity contribution in [3.05, 3.63) is 34.7 Å². The fourth-order valence-corrected chi connectivity index (χ4v) is 3.53. The van der Waals surface area contributed by atoms with Crippen LogP contribution in [0.25, 0.3) is 21.7 Å². The zero-order valence-electron chi connectivity index (χ0n) is 9.84. The van der Waals surface area contributed by atoms with Gasteiger partial charge >= 0.3 is 0 Å². The summed E-state index contributed by atoms with van der Waals surface area (Å²) in [6.07, 6.45) is 1.18. The van der Waals surface area contributed by atoms with Crippen molar-refractivity contribution >= 4 is 43.8 Å². The Morgan fingerprint density at radius 3 is 2.74 bits per heavy atom. The predicted octanol–water partition coefficient (Wildman–Crippen LogP) is 3.35. The summed E-state index contributed by atoms with van der Waals surface area (Å²) in [5.41, 5.74) is 1.40. The number of imidazole rings is 1. The first-order chi connectivity index (χ1) is 8.95. The number of sulfone groups is 1. The Labute approximate surface area is 119 Å². The van der Waals surface area contributed by atoms with E-state index in [4.69, 9.17) is 11.6 Å². The van der Waals surface area contributed by atoms with Crippen LogP contribution >= 0.6 is 22.9 Å². The van der Waals surface area contributed by atoms with Crippen molar-refractivity contribution in [2.24, 2.45) is 0 Å². The van der Waals surface area contributed by atoms with Gasteiger partial charge in [-0.05, 0) is 29.6 Å². The minimum Gasteiger partial charge on any atom is -0.337 e. The highest BCUT2D eigenvalue weighted by Gasteiger charge is 2.13. The number of hydrogen-bond donors (Lipinski definition) is 1. The Bertz CT molecular complexity index is 865. The third kappa shape index (κ3) is 2.27. The highest BCUT2D eigenvalue weighted by atomic mass is 35.5. The lowest BCUT2D eigenvalue weighted by molar-refractivity contribution is 0.602. The van der Waals surface area contributed by atoms with E-state index in [9.17, 15) is 8.42 Å². The van der Waals surface area contributed by atoms with E-state index in [1.54, 1.807) is 24.3 Å². The first kappa shape index (κ1) is 12.7. The van der Waals surface area contributed by atoms with Gasteiger partial charge in [0.2, 0.25) is 0 Å². The minimum absolute atomic E-state index is 0.271. The number of fused-ring (bicyclic) bond motifs is 1. The second-order valence-corrected chi connectivity index (χ2v) is 7.47. The fraction of sp³-hybridized carbons (Fsp3) is 0.0833. The second-order valence-electron chi connectivity index (χ2n) is 4.13. The smallest absolute Gasteiger partial charge is 0.175 e. The summed E-state index contributed by atoms with van der Waals surface area (Å²) in [5.74, 6) is 0.653. The third-order valence-electron chi connectivity index (χ3n) is 2.71. The summed E-state index contributed by atoms with van der Waals surface area (Å²) in [6.45, 7) is 0. The zero-order chi connectivity index (χ0) is 13.6. The van der Waals surface area contributed by atoms with Crippen LogP contribution in [-0.4, -0.2) is 24.6 Å². The molecule has 0 spiro atoms. The lowest BCUT2D eigenvalue weighted by Crippen LogP contribution is -1.96. The molecule has 0 unspecified atom stereocenters. The molecule has 2 heterocycles. The molecular weight excluding hydrogens is 304 g/mol. The molecule has 3 aromatic rings. The topological polar surface area (TPSA) is 62.8 Å². The molecule has 0 aliphatic heterocycles. The first-order valence-corrected chi connectivity index (χ1v) is 8.53. The molecule has 0 atom stereocenters. The molecule has 1 aromatic carbocycles. The van der Waals surface area contributed by atoms with Gasteiger partial charge in [0, 0.05) is 6.26 Å². The number of rotatable bonds is 2. The summed E-state index contributed by atoms with van der Waals surface area (Å²) in [6, 6.07) is 6.63. The molecule has 4 nitrogen and oxygen atoms in total. The largest absolute Gasteiger partial charge is 0.337 e. The Hall–Kier alpha value is -1.37. The van der Waals surface area contributed by atoms with E-state index in [2.05, 4.69) is 9.97 Å². The van der Waals surface area contributed by atoms with Crippen LogP contribution in [-0.2, 0) is 9.84 Å². The van der Waals surface area contributed by atoms with E-state index in [-0.39, 0.29) is 4.90 Å². The molecule has 0 saturated heterocycles. The molecular formula is C12H9ClN2O2S2. The van der Waals surface area contributed by atoms with Crippen LogP contribution in [0.15, 0.2) is 34.5 Å². The Morgan fingerprint density at radius 2 is 2.11 bits per heavy atom. The molecule has 0 amide bonds. The van der Waals surface area contributed by atoms with Crippen LogP contribution in [0.1, 0.15) is 0 Å². The van der Waals surface area contributed by atoms with Crippen molar-refractivity contribution < 1.29 is 8.42 Å². The van der Waals surface area contributed by atoms with Gasteiger partial charge in [0.15, 0.2) is 9.84 Å². The molecule has 0 radical (unpaired) electrons. The predicted molar refractivity (Wildman–Crippen MR) is 77.5 cm³/mol. The van der Waals surface area contributed by atoms with Crippen LogP contribution < -0.4 is 0 Å². The second kappa shape index (κ2) is 4.33. The standard InChI is InChI=1S/C12H9ClN2O2S2/c1-19(16,17)7-2-3-9-10(6-7)15-12(14-9)11-8(13)4-5-18-11/h2-6H,1H3,(H,14,15). The summed E-state index contributed by atoms with van der Waals surface area (Å²) < 4.78 is 23.0. The van der Waals surface area contributed by atoms with Crippen molar-refractivity contribution in [2.45, 2.75) is 4.90 Å². The SMILES string of the molecule is CS(=O)(=O)c1ccc2nc(-c3sccc3Cl)[nH]c2c1. The van der Waals surface area contributed by atoms with Gasteiger partial charge in [-0.3, -0.25) is 0 Å². The molecule has 0 aliphatic carbocycles. The molecule has 98 valence electrons. The first-order valence-electron chi connectivity index (χ1n) is 5.38. The number of nitrogens with zero attached hydrogens (tertiary/aromatic N) is 1. The maximum absolute atomic E-state index is 11.5. The van der Waals surface area contributed by atoms with Gasteiger partial charge in [0.05, 0.1) is 25.8 Å². The lowest BCUT2D eigenvalue weighted by Gasteiger charge is -1.96. The molecule has 2 aromatic heterocycles. The number of thiophene rings is 1. The molecule has 0 fully saturated rings. The van der Waals surface area contributed by atoms with Crippen molar-refractivity contribution in [1.82, 2.24) is 9.97 Å². The van der Waals surface area contributed by atoms with Crippen molar-refractivity contribution in [3.8, 4) is 10.7 Å². The maximum Gasteiger partial charge on any atom is 0.175 e. The van der Waals surface area contributed by atoms with Crippen LogP contribution in [0.2, 0.25) is 5.02 Å². The van der Waals surface area contributed by atoms with E-state index >= 15 is 0 Å². The summed E-state index contributed by atoms with van der Waals surface area (Å²) >= 11 is 7.54. The lowest BCUT2D eigenvalue weighted by atomic mass is 10.3. The quantitative estimate of drug-likeness (QED) is 0.789. The average Bonchev–Trinajstić information content (AvgIpc) is 2.91. The van der Waals surface area contributed by atoms with E-state index in [1.165, 1.54) is 17.6 Å². The summed E-state index contributed by atoms with van der Waals surface area (Å²) in [4.78, 5) is 8.63. The van der Waals surface area contributed by atoms with Crippen molar-refractivity contribution in [3.63, 3.8) is 0 Å². The van der Waals surface area contributed by atoms with Crippen LogP contribution in [0.4, 0.5) is 0 Å². The average molecular weight is 313 g/mol. The normalized spacial score (nSPS) is 12.1. The molecule has 19 heavy (non-hydrogen) atoms. The molecule has 1 N–H and O–H groups in total. The van der Waals surface area contributed by atoms with E-state index in [0.29, 0.717) is 21.9 Å². The number of hydrogen-bond acceptors (Lipinski definition) is 4. The van der Waals surface area contributed by atoms with Gasteiger partial charge in [0.1, 0.15) is 5.82 Å². The molecule has 3 rings (SSSR count). The molecule has 7 heteroatoms. The fourth-order valence-electron chi connectivity index (χ4n) is 1.79. The highest BCUT2D eigenvalue weighted by Crippen LogP contribution is 2.32. The molecule has 0 saturated carbocycles. The maximum atomic E-state index is 11.5. The number of halogens is 1. The van der Waals surface area contributed by atoms with Gasteiger partial charge in [0.25, 0.3) is 0 Å². The van der Waals surface area contributed by atoms with Gasteiger partial charge in [-0.2, -0.15) is 0 Å². The van der Waals surface area contributed by atoms with E-state index < -0.39 is 9.84 Å². The highest BCUT2D eigenvalue weighted by molar-refractivity contribution is 7.90. The van der Waals surface area contributed by atoms with Gasteiger partial charge < -0.3 is 4.98 Å². The summed E-state index contributed by atoms with van der Waals surface area (Å²) in [5, 5.41) is 2.51. The summed E-state index contributed by atoms with van der Waals surface area (Å²) in [7, 11) is -3.22. The number of benzene rings is 1. The van der Waals surface area contributed by atoms with Gasteiger partial charge in [-0.25, -0.2) is 13.4 Å². The van der Waals surface area contributed by atoms with Crippen LogP contribution in [0.5, 0.6) is 0 Å². The molecule has 0 aliphatic rings. The molecule has 0 bridgehead atoms. The Morgan fingerprint density at radius 1 is 1.32 bits per heavy atom. The van der Waals surface area contributed by atoms with Crippen molar-refractivity contribution in [2.75, 3.05) is 6.26 Å². The minimum atomic E-state index is -3.22. The van der Waals surface area contributed by atoms with Crippen LogP contribution in [0.3, 0.4) is 0 Å². The Balaban J connectivity index is 2.19. The number of aromatic amines is 1. The van der Waals surface area contributed by atoms with E-state index in [0.717, 1.165) is 4.88 Å². The monoisotopic (exact) mass is 312 g/mol. The number of H-pyrrole nitrogens is 1. The Kier molecular flexibility index (Phi) is 2.88.